The molecule has 1 heterocycles. The highest BCUT2D eigenvalue weighted by Gasteiger charge is 2.38. The number of likely N-dealkylation sites (tertiary alicyclic amines) is 1. The highest BCUT2D eigenvalue weighted by atomic mass is 35.5. The molecular formula is C22H30ClN3O4. The Hall–Kier alpha value is -2.15. The van der Waals surface area contributed by atoms with Crippen LogP contribution in [0, 0.1) is 5.92 Å². The van der Waals surface area contributed by atoms with Gasteiger partial charge in [-0.3, -0.25) is 14.4 Å². The van der Waals surface area contributed by atoms with Crippen LogP contribution < -0.4 is 10.6 Å². The van der Waals surface area contributed by atoms with Crippen molar-refractivity contribution in [3.63, 3.8) is 0 Å². The topological polar surface area (TPSA) is 95.6 Å². The molecule has 0 radical (unpaired) electrons. The first kappa shape index (κ1) is 22.5. The van der Waals surface area contributed by atoms with E-state index in [0.29, 0.717) is 30.0 Å². The van der Waals surface area contributed by atoms with Crippen molar-refractivity contribution < 1.29 is 19.2 Å². The van der Waals surface area contributed by atoms with E-state index in [9.17, 15) is 19.2 Å². The number of carbonyl (C=O) groups is 4. The van der Waals surface area contributed by atoms with Crippen LogP contribution in [-0.4, -0.2) is 53.6 Å². The summed E-state index contributed by atoms with van der Waals surface area (Å²) in [7, 11) is 0. The lowest BCUT2D eigenvalue weighted by molar-refractivity contribution is -0.140. The summed E-state index contributed by atoms with van der Waals surface area (Å²) in [6, 6.07) is -1.31. The Balaban J connectivity index is 1.75. The van der Waals surface area contributed by atoms with Gasteiger partial charge in [-0.15, -0.1) is 0 Å². The van der Waals surface area contributed by atoms with Crippen LogP contribution in [0.1, 0.15) is 58.3 Å². The summed E-state index contributed by atoms with van der Waals surface area (Å²) in [4.78, 5) is 50.6. The van der Waals surface area contributed by atoms with Crippen molar-refractivity contribution in [2.45, 2.75) is 76.4 Å². The molecule has 3 amide bonds. The van der Waals surface area contributed by atoms with Crippen LogP contribution in [-0.2, 0) is 19.2 Å². The highest BCUT2D eigenvalue weighted by molar-refractivity contribution is 6.32. The van der Waals surface area contributed by atoms with E-state index < -0.39 is 12.1 Å². The number of halogens is 1. The molecule has 0 aromatic rings. The third-order valence-electron chi connectivity index (χ3n) is 6.23. The quantitative estimate of drug-likeness (QED) is 0.625. The summed E-state index contributed by atoms with van der Waals surface area (Å²) in [5, 5.41) is 6.05. The lowest BCUT2D eigenvalue weighted by atomic mass is 9.83. The molecule has 1 saturated carbocycles. The number of aldehydes is 1. The molecular weight excluding hydrogens is 406 g/mol. The van der Waals surface area contributed by atoms with Gasteiger partial charge in [0.2, 0.25) is 11.8 Å². The molecule has 7 nitrogen and oxygen atoms in total. The highest BCUT2D eigenvalue weighted by Crippen LogP contribution is 2.30. The molecule has 1 saturated heterocycles. The fraction of sp³-hybridized carbons (Fsp3) is 0.636. The fourth-order valence-corrected chi connectivity index (χ4v) is 5.00. The molecule has 2 aliphatic carbocycles. The van der Waals surface area contributed by atoms with Crippen molar-refractivity contribution in [2.24, 2.45) is 5.92 Å². The molecule has 164 valence electrons. The number of rotatable bonds is 6. The molecule has 8 heteroatoms. The molecule has 30 heavy (non-hydrogen) atoms. The van der Waals surface area contributed by atoms with Crippen molar-refractivity contribution in [3.8, 4) is 0 Å². The van der Waals surface area contributed by atoms with Gasteiger partial charge in [-0.05, 0) is 31.6 Å². The van der Waals surface area contributed by atoms with E-state index in [1.807, 2.05) is 0 Å². The van der Waals surface area contributed by atoms with Crippen molar-refractivity contribution in [3.05, 3.63) is 22.8 Å². The lowest BCUT2D eigenvalue weighted by Gasteiger charge is -2.34. The van der Waals surface area contributed by atoms with E-state index in [-0.39, 0.29) is 29.7 Å². The summed E-state index contributed by atoms with van der Waals surface area (Å²) in [5.74, 6) is -0.664. The van der Waals surface area contributed by atoms with Gasteiger partial charge in [0.25, 0.3) is 5.91 Å². The number of amides is 3. The van der Waals surface area contributed by atoms with E-state index in [2.05, 4.69) is 10.6 Å². The average Bonchev–Trinajstić information content (AvgIpc) is 3.20. The number of carbonyl (C=O) groups excluding carboxylic acids is 4. The number of nitrogens with one attached hydrogen (secondary N) is 2. The second-order valence-electron chi connectivity index (χ2n) is 8.42. The molecule has 1 unspecified atom stereocenters. The Bertz CT molecular complexity index is 757. The third-order valence-corrected chi connectivity index (χ3v) is 6.59. The van der Waals surface area contributed by atoms with Crippen molar-refractivity contribution in [2.75, 3.05) is 6.54 Å². The number of nitrogens with zero attached hydrogens (tertiary/aromatic N) is 1. The molecule has 0 spiro atoms. The molecule has 3 atom stereocenters. The van der Waals surface area contributed by atoms with Gasteiger partial charge in [-0.1, -0.05) is 43.0 Å². The maximum Gasteiger partial charge on any atom is 0.253 e. The average molecular weight is 436 g/mol. The summed E-state index contributed by atoms with van der Waals surface area (Å²) in [6.45, 7) is 1.97. The van der Waals surface area contributed by atoms with E-state index >= 15 is 0 Å². The largest absolute Gasteiger partial charge is 0.350 e. The van der Waals surface area contributed by atoms with E-state index in [4.69, 9.17) is 11.6 Å². The molecule has 3 aliphatic rings. The van der Waals surface area contributed by atoms with Gasteiger partial charge in [-0.2, -0.15) is 0 Å². The second-order valence-corrected chi connectivity index (χ2v) is 8.87. The van der Waals surface area contributed by atoms with Crippen molar-refractivity contribution in [1.82, 2.24) is 15.5 Å². The Morgan fingerprint density at radius 2 is 1.90 bits per heavy atom. The normalized spacial score (nSPS) is 25.7. The molecule has 3 rings (SSSR count). The van der Waals surface area contributed by atoms with Gasteiger partial charge in [0.05, 0.1) is 17.7 Å². The van der Waals surface area contributed by atoms with Crippen LogP contribution in [0.15, 0.2) is 22.8 Å². The predicted octanol–water partition coefficient (Wildman–Crippen LogP) is 2.20. The third kappa shape index (κ3) is 5.31. The van der Waals surface area contributed by atoms with Crippen LogP contribution in [0.5, 0.6) is 0 Å². The minimum Gasteiger partial charge on any atom is -0.350 e. The van der Waals surface area contributed by atoms with Crippen LogP contribution in [0.4, 0.5) is 0 Å². The maximum absolute atomic E-state index is 13.3. The zero-order valence-corrected chi connectivity index (χ0v) is 18.1. The van der Waals surface area contributed by atoms with Gasteiger partial charge >= 0.3 is 0 Å². The first-order chi connectivity index (χ1) is 14.4. The Morgan fingerprint density at radius 3 is 2.53 bits per heavy atom. The molecule has 0 bridgehead atoms. The SMILES string of the molecule is CC(=O)NC1C=CC(C(=O)N[C@H](C(=O)N2CCC[C@H]2C=O)C2CCCCC2)=C(Cl)C1. The van der Waals surface area contributed by atoms with E-state index in [1.165, 1.54) is 6.92 Å². The Labute approximate surface area is 182 Å². The molecule has 2 fully saturated rings. The van der Waals surface area contributed by atoms with Crippen LogP contribution in [0.2, 0.25) is 0 Å². The molecule has 1 aliphatic heterocycles. The summed E-state index contributed by atoms with van der Waals surface area (Å²) >= 11 is 6.35. The first-order valence-corrected chi connectivity index (χ1v) is 11.2. The maximum atomic E-state index is 13.3. The molecule has 0 aromatic carbocycles. The standard InChI is InChI=1S/C22H30ClN3O4/c1-14(28)24-16-9-10-18(19(23)12-16)21(29)25-20(15-6-3-2-4-7-15)22(30)26-11-5-8-17(26)13-27/h9-10,13,15-17,20H,2-8,11-12H2,1H3,(H,24,28)(H,25,29)/t16?,17-,20-/m0/s1. The summed E-state index contributed by atoms with van der Waals surface area (Å²) in [5.41, 5.74) is 0.320. The van der Waals surface area contributed by atoms with Crippen molar-refractivity contribution >= 4 is 35.6 Å². The number of hydrogen-bond acceptors (Lipinski definition) is 4. The predicted molar refractivity (Wildman–Crippen MR) is 114 cm³/mol. The van der Waals surface area contributed by atoms with Gasteiger partial charge in [0.15, 0.2) is 0 Å². The van der Waals surface area contributed by atoms with E-state index in [0.717, 1.165) is 44.8 Å². The minimum absolute atomic E-state index is 0.0576. The number of hydrogen-bond donors (Lipinski definition) is 2. The Kier molecular flexibility index (Phi) is 7.69. The zero-order valence-electron chi connectivity index (χ0n) is 17.4. The van der Waals surface area contributed by atoms with Crippen LogP contribution in [0.25, 0.3) is 0 Å². The van der Waals surface area contributed by atoms with Crippen molar-refractivity contribution in [1.29, 1.82) is 0 Å². The monoisotopic (exact) mass is 435 g/mol. The second kappa shape index (κ2) is 10.2. The summed E-state index contributed by atoms with van der Waals surface area (Å²) in [6.07, 6.45) is 10.9. The zero-order chi connectivity index (χ0) is 21.7. The minimum atomic E-state index is -0.656. The van der Waals surface area contributed by atoms with Gasteiger partial charge < -0.3 is 20.3 Å². The smallest absolute Gasteiger partial charge is 0.253 e. The summed E-state index contributed by atoms with van der Waals surface area (Å²) < 4.78 is 0. The van der Waals surface area contributed by atoms with Crippen LogP contribution >= 0.6 is 11.6 Å². The fourth-order valence-electron chi connectivity index (χ4n) is 4.69. The lowest BCUT2D eigenvalue weighted by Crippen LogP contribution is -2.54. The molecule has 0 aromatic heterocycles. The Morgan fingerprint density at radius 1 is 1.17 bits per heavy atom. The van der Waals surface area contributed by atoms with E-state index in [1.54, 1.807) is 17.1 Å². The molecule has 2 N–H and O–H groups in total. The first-order valence-electron chi connectivity index (χ1n) is 10.8. The van der Waals surface area contributed by atoms with Gasteiger partial charge in [0.1, 0.15) is 12.3 Å². The van der Waals surface area contributed by atoms with Gasteiger partial charge in [0, 0.05) is 24.9 Å². The van der Waals surface area contributed by atoms with Crippen LogP contribution in [0.3, 0.4) is 0 Å². The van der Waals surface area contributed by atoms with Gasteiger partial charge in [-0.25, -0.2) is 0 Å².